The number of nitrogens with zero attached hydrogens (tertiary/aromatic N) is 3. The first kappa shape index (κ1) is 25.9. The molecule has 1 atom stereocenters. The largest absolute Gasteiger partial charge is 0.497 e. The number of unbranched alkanes of at least 4 members (excludes halogenated alkanes) is 2. The van der Waals surface area contributed by atoms with Gasteiger partial charge in [0.15, 0.2) is 0 Å². The van der Waals surface area contributed by atoms with Gasteiger partial charge in [0.05, 0.1) is 36.9 Å². The Balaban J connectivity index is 1.89. The second-order valence-corrected chi connectivity index (χ2v) is 8.91. The fourth-order valence-electron chi connectivity index (χ4n) is 4.52. The van der Waals surface area contributed by atoms with Crippen LogP contribution in [0.25, 0.3) is 16.6 Å². The van der Waals surface area contributed by atoms with Crippen molar-refractivity contribution in [2.24, 2.45) is 0 Å². The van der Waals surface area contributed by atoms with Crippen LogP contribution in [0.1, 0.15) is 55.3 Å². The summed E-state index contributed by atoms with van der Waals surface area (Å²) in [6.45, 7) is 4.59. The maximum absolute atomic E-state index is 13.9. The van der Waals surface area contributed by atoms with Crippen LogP contribution in [0, 0.1) is 0 Å². The van der Waals surface area contributed by atoms with E-state index < -0.39 is 6.04 Å². The van der Waals surface area contributed by atoms with E-state index in [4.69, 9.17) is 14.5 Å². The number of methoxy groups -OCH3 is 2. The Bertz CT molecular complexity index is 1430. The summed E-state index contributed by atoms with van der Waals surface area (Å²) >= 11 is 0. The monoisotopic (exact) mass is 499 g/mol. The summed E-state index contributed by atoms with van der Waals surface area (Å²) in [4.78, 5) is 34.4. The summed E-state index contributed by atoms with van der Waals surface area (Å²) in [7, 11) is 3.17. The third-order valence-electron chi connectivity index (χ3n) is 6.57. The molecule has 7 heteroatoms. The van der Waals surface area contributed by atoms with Crippen LogP contribution in [-0.2, 0) is 0 Å². The zero-order valence-corrected chi connectivity index (χ0v) is 21.8. The Morgan fingerprint density at radius 3 is 2.35 bits per heavy atom. The van der Waals surface area contributed by atoms with Gasteiger partial charge < -0.3 is 14.4 Å². The first-order valence-corrected chi connectivity index (χ1v) is 12.6. The highest BCUT2D eigenvalue weighted by Gasteiger charge is 2.28. The molecule has 0 saturated heterocycles. The second-order valence-electron chi connectivity index (χ2n) is 8.91. The molecule has 0 fully saturated rings. The molecule has 1 unspecified atom stereocenters. The zero-order chi connectivity index (χ0) is 26.4. The molecule has 1 heterocycles. The quantitative estimate of drug-likeness (QED) is 0.258. The first-order chi connectivity index (χ1) is 18.0. The highest BCUT2D eigenvalue weighted by Crippen LogP contribution is 2.29. The third-order valence-corrected chi connectivity index (χ3v) is 6.57. The minimum Gasteiger partial charge on any atom is -0.497 e. The molecule has 3 aromatic carbocycles. The number of hydrogen-bond acceptors (Lipinski definition) is 5. The van der Waals surface area contributed by atoms with E-state index in [1.54, 1.807) is 54.0 Å². The van der Waals surface area contributed by atoms with Gasteiger partial charge in [-0.05, 0) is 61.9 Å². The Labute approximate surface area is 217 Å². The summed E-state index contributed by atoms with van der Waals surface area (Å²) in [6, 6.07) is 21.2. The van der Waals surface area contributed by atoms with Crippen LogP contribution in [-0.4, -0.2) is 41.1 Å². The average Bonchev–Trinajstić information content (AvgIpc) is 2.94. The molecule has 0 aliphatic rings. The van der Waals surface area contributed by atoms with Crippen molar-refractivity contribution in [1.82, 2.24) is 14.5 Å². The number of hydrogen-bond donors (Lipinski definition) is 0. The fourth-order valence-corrected chi connectivity index (χ4v) is 4.52. The van der Waals surface area contributed by atoms with Crippen LogP contribution in [0.15, 0.2) is 77.6 Å². The molecule has 0 radical (unpaired) electrons. The number of amides is 1. The second kappa shape index (κ2) is 11.7. The average molecular weight is 500 g/mol. The van der Waals surface area contributed by atoms with Gasteiger partial charge in [0, 0.05) is 12.1 Å². The topological polar surface area (TPSA) is 73.7 Å². The molecule has 4 aromatic rings. The van der Waals surface area contributed by atoms with E-state index >= 15 is 0 Å². The van der Waals surface area contributed by atoms with Crippen molar-refractivity contribution in [2.75, 3.05) is 20.8 Å². The molecule has 1 amide bonds. The Hall–Kier alpha value is -4.13. The molecule has 7 nitrogen and oxygen atoms in total. The van der Waals surface area contributed by atoms with E-state index in [2.05, 4.69) is 6.92 Å². The van der Waals surface area contributed by atoms with E-state index in [1.165, 1.54) is 0 Å². The molecule has 0 saturated carbocycles. The van der Waals surface area contributed by atoms with Gasteiger partial charge in [0.25, 0.3) is 11.5 Å². The number of aromatic nitrogens is 2. The number of ether oxygens (including phenoxy) is 2. The highest BCUT2D eigenvalue weighted by molar-refractivity contribution is 5.94. The lowest BCUT2D eigenvalue weighted by molar-refractivity contribution is 0.0677. The lowest BCUT2D eigenvalue weighted by Crippen LogP contribution is -2.38. The van der Waals surface area contributed by atoms with E-state index in [-0.39, 0.29) is 11.5 Å². The molecule has 4 rings (SSSR count). The molecule has 37 heavy (non-hydrogen) atoms. The third kappa shape index (κ3) is 5.35. The summed E-state index contributed by atoms with van der Waals surface area (Å²) in [6.07, 6.45) is 2.86. The predicted molar refractivity (Wildman–Crippen MR) is 146 cm³/mol. The first-order valence-electron chi connectivity index (χ1n) is 12.6. The van der Waals surface area contributed by atoms with Gasteiger partial charge in [-0.3, -0.25) is 14.2 Å². The van der Waals surface area contributed by atoms with Crippen molar-refractivity contribution in [2.45, 2.75) is 39.2 Å². The zero-order valence-electron chi connectivity index (χ0n) is 21.8. The normalized spacial score (nSPS) is 11.8. The molecule has 0 aliphatic heterocycles. The van der Waals surface area contributed by atoms with E-state index in [0.717, 1.165) is 19.3 Å². The van der Waals surface area contributed by atoms with Gasteiger partial charge in [-0.1, -0.05) is 44.0 Å². The molecule has 0 spiro atoms. The van der Waals surface area contributed by atoms with Crippen molar-refractivity contribution < 1.29 is 14.3 Å². The van der Waals surface area contributed by atoms with Gasteiger partial charge in [0.1, 0.15) is 17.3 Å². The lowest BCUT2D eigenvalue weighted by atomic mass is 10.1. The van der Waals surface area contributed by atoms with Crippen LogP contribution >= 0.6 is 0 Å². The lowest BCUT2D eigenvalue weighted by Gasteiger charge is -2.31. The van der Waals surface area contributed by atoms with Crippen LogP contribution in [0.2, 0.25) is 0 Å². The van der Waals surface area contributed by atoms with Crippen molar-refractivity contribution in [1.29, 1.82) is 0 Å². The van der Waals surface area contributed by atoms with Crippen LogP contribution < -0.4 is 15.0 Å². The van der Waals surface area contributed by atoms with Crippen molar-refractivity contribution in [3.8, 4) is 17.2 Å². The van der Waals surface area contributed by atoms with Gasteiger partial charge >= 0.3 is 0 Å². The molecular formula is C30H33N3O4. The summed E-state index contributed by atoms with van der Waals surface area (Å²) in [5.74, 6) is 1.59. The number of para-hydroxylation sites is 3. The minimum atomic E-state index is -0.492. The SMILES string of the molecule is CCCCCN(C(=O)c1ccc(OC)cc1)C(C)c1nc2ccccc2c(=O)n1-c1ccccc1OC. The summed E-state index contributed by atoms with van der Waals surface area (Å²) < 4.78 is 12.4. The van der Waals surface area contributed by atoms with Crippen molar-refractivity contribution in [3.05, 3.63) is 94.5 Å². The Kier molecular flexibility index (Phi) is 8.23. The maximum Gasteiger partial charge on any atom is 0.266 e. The Morgan fingerprint density at radius 1 is 0.946 bits per heavy atom. The van der Waals surface area contributed by atoms with E-state index in [0.29, 0.717) is 46.0 Å². The van der Waals surface area contributed by atoms with Gasteiger partial charge in [-0.15, -0.1) is 0 Å². The predicted octanol–water partition coefficient (Wildman–Crippen LogP) is 5.80. The van der Waals surface area contributed by atoms with Crippen LogP contribution in [0.4, 0.5) is 0 Å². The number of carbonyl (C=O) groups excluding carboxylic acids is 1. The van der Waals surface area contributed by atoms with Crippen molar-refractivity contribution >= 4 is 16.8 Å². The highest BCUT2D eigenvalue weighted by atomic mass is 16.5. The molecule has 0 aliphatic carbocycles. The van der Waals surface area contributed by atoms with Gasteiger partial charge in [-0.25, -0.2) is 4.98 Å². The molecule has 0 bridgehead atoms. The standard InChI is InChI=1S/C30H33N3O4/c1-5-6-11-20-32(29(34)22-16-18-23(36-3)19-17-22)21(2)28-31-25-13-8-7-12-24(25)30(35)33(28)26-14-9-10-15-27(26)37-4/h7-10,12-19,21H,5-6,11,20H2,1-4H3. The number of rotatable bonds is 10. The molecular weight excluding hydrogens is 466 g/mol. The number of carbonyl (C=O) groups is 1. The van der Waals surface area contributed by atoms with Crippen molar-refractivity contribution in [3.63, 3.8) is 0 Å². The smallest absolute Gasteiger partial charge is 0.266 e. The van der Waals surface area contributed by atoms with E-state index in [9.17, 15) is 9.59 Å². The van der Waals surface area contributed by atoms with Gasteiger partial charge in [-0.2, -0.15) is 0 Å². The maximum atomic E-state index is 13.9. The van der Waals surface area contributed by atoms with Crippen LogP contribution in [0.5, 0.6) is 11.5 Å². The number of benzene rings is 3. The molecule has 0 N–H and O–H groups in total. The van der Waals surface area contributed by atoms with Crippen LogP contribution in [0.3, 0.4) is 0 Å². The summed E-state index contributed by atoms with van der Waals surface area (Å²) in [5, 5.41) is 0.503. The molecule has 192 valence electrons. The number of fused-ring (bicyclic) bond motifs is 1. The van der Waals surface area contributed by atoms with Gasteiger partial charge in [0.2, 0.25) is 0 Å². The minimum absolute atomic E-state index is 0.125. The fraction of sp³-hybridized carbons (Fsp3) is 0.300. The summed E-state index contributed by atoms with van der Waals surface area (Å²) in [5.41, 5.74) is 1.52. The molecule has 1 aromatic heterocycles. The Morgan fingerprint density at radius 2 is 1.65 bits per heavy atom. The van der Waals surface area contributed by atoms with E-state index in [1.807, 2.05) is 49.4 Å².